The Morgan fingerprint density at radius 2 is 2.10 bits per heavy atom. The highest BCUT2D eigenvalue weighted by molar-refractivity contribution is 5.98. The summed E-state index contributed by atoms with van der Waals surface area (Å²) in [6.07, 6.45) is 2.66. The molecule has 114 valence electrons. The number of hydrogen-bond donors (Lipinski definition) is 2. The second-order valence-electron chi connectivity index (χ2n) is 6.20. The van der Waals surface area contributed by atoms with Crippen LogP contribution in [0.25, 0.3) is 0 Å². The average molecular weight is 289 g/mol. The number of hydrogen-bond acceptors (Lipinski definition) is 4. The third kappa shape index (κ3) is 3.10. The van der Waals surface area contributed by atoms with E-state index < -0.39 is 5.54 Å². The third-order valence-electron chi connectivity index (χ3n) is 4.49. The van der Waals surface area contributed by atoms with Gasteiger partial charge < -0.3 is 20.7 Å². The van der Waals surface area contributed by atoms with E-state index in [0.29, 0.717) is 19.6 Å². The van der Waals surface area contributed by atoms with Gasteiger partial charge in [0.25, 0.3) is 0 Å². The van der Waals surface area contributed by atoms with Crippen LogP contribution in [0.1, 0.15) is 17.5 Å². The first-order valence-corrected chi connectivity index (χ1v) is 7.55. The van der Waals surface area contributed by atoms with Gasteiger partial charge in [-0.05, 0) is 49.6 Å². The number of anilines is 1. The van der Waals surface area contributed by atoms with Crippen molar-refractivity contribution in [1.29, 1.82) is 0 Å². The maximum absolute atomic E-state index is 12.3. The monoisotopic (exact) mass is 289 g/mol. The van der Waals surface area contributed by atoms with Crippen LogP contribution in [0.4, 0.5) is 5.69 Å². The zero-order chi connectivity index (χ0) is 14.9. The maximum atomic E-state index is 12.3. The summed E-state index contributed by atoms with van der Waals surface area (Å²) in [5, 5.41) is 2.95. The van der Waals surface area contributed by atoms with E-state index in [9.17, 15) is 4.79 Å². The molecule has 2 aliphatic heterocycles. The molecular weight excluding hydrogens is 266 g/mol. The van der Waals surface area contributed by atoms with Crippen LogP contribution in [-0.2, 0) is 22.4 Å². The topological polar surface area (TPSA) is 67.6 Å². The zero-order valence-electron chi connectivity index (χ0n) is 12.5. The van der Waals surface area contributed by atoms with Crippen molar-refractivity contribution in [3.8, 4) is 0 Å². The van der Waals surface area contributed by atoms with Crippen molar-refractivity contribution in [3.63, 3.8) is 0 Å². The molecule has 21 heavy (non-hydrogen) atoms. The third-order valence-corrected chi connectivity index (χ3v) is 4.49. The molecule has 1 aromatic rings. The van der Waals surface area contributed by atoms with Crippen molar-refractivity contribution in [2.45, 2.75) is 24.8 Å². The number of nitrogens with two attached hydrogens (primary N) is 1. The molecule has 3 rings (SSSR count). The minimum Gasteiger partial charge on any atom is -0.379 e. The number of carbonyl (C=O) groups excluding carboxylic acids is 1. The lowest BCUT2D eigenvalue weighted by atomic mass is 9.98. The number of ether oxygens (including phenoxy) is 1. The highest BCUT2D eigenvalue weighted by Crippen LogP contribution is 2.22. The molecule has 0 radical (unpaired) electrons. The van der Waals surface area contributed by atoms with Crippen LogP contribution >= 0.6 is 0 Å². The van der Waals surface area contributed by atoms with Gasteiger partial charge in [0, 0.05) is 25.4 Å². The highest BCUT2D eigenvalue weighted by Gasteiger charge is 2.38. The Hall–Kier alpha value is -1.43. The molecule has 0 bridgehead atoms. The summed E-state index contributed by atoms with van der Waals surface area (Å²) in [5.41, 5.74) is 8.74. The lowest BCUT2D eigenvalue weighted by Crippen LogP contribution is -2.51. The maximum Gasteiger partial charge on any atom is 0.246 e. The van der Waals surface area contributed by atoms with E-state index in [0.717, 1.165) is 31.6 Å². The fourth-order valence-electron chi connectivity index (χ4n) is 2.93. The lowest BCUT2D eigenvalue weighted by molar-refractivity contribution is -0.121. The number of fused-ring (bicyclic) bond motifs is 1. The molecule has 2 heterocycles. The summed E-state index contributed by atoms with van der Waals surface area (Å²) < 4.78 is 5.25. The number of likely N-dealkylation sites (N-methyl/N-ethyl adjacent to an activating group) is 1. The van der Waals surface area contributed by atoms with Crippen LogP contribution in [-0.4, -0.2) is 49.7 Å². The van der Waals surface area contributed by atoms with Crippen LogP contribution in [0.2, 0.25) is 0 Å². The number of amides is 1. The predicted molar refractivity (Wildman–Crippen MR) is 82.3 cm³/mol. The second kappa shape index (κ2) is 5.75. The van der Waals surface area contributed by atoms with Crippen molar-refractivity contribution in [2.75, 3.05) is 38.7 Å². The van der Waals surface area contributed by atoms with Gasteiger partial charge >= 0.3 is 0 Å². The summed E-state index contributed by atoms with van der Waals surface area (Å²) in [4.78, 5) is 14.6. The van der Waals surface area contributed by atoms with Crippen LogP contribution in [0, 0.1) is 0 Å². The molecule has 0 aliphatic carbocycles. The molecule has 1 atom stereocenters. The van der Waals surface area contributed by atoms with Crippen molar-refractivity contribution in [1.82, 2.24) is 4.90 Å². The SMILES string of the molecule is CN1CCc2ccc(NC(=O)[C@]3(N)CCOC3)cc2CC1. The summed E-state index contributed by atoms with van der Waals surface area (Å²) in [5.74, 6) is -0.148. The van der Waals surface area contributed by atoms with Gasteiger partial charge in [0.05, 0.1) is 6.61 Å². The molecule has 3 N–H and O–H groups in total. The predicted octanol–water partition coefficient (Wildman–Crippen LogP) is 0.773. The molecule has 0 aromatic heterocycles. The first-order valence-electron chi connectivity index (χ1n) is 7.55. The van der Waals surface area contributed by atoms with E-state index in [1.54, 1.807) is 0 Å². The Bertz CT molecular complexity index is 538. The summed E-state index contributed by atoms with van der Waals surface area (Å²) >= 11 is 0. The van der Waals surface area contributed by atoms with Gasteiger partial charge in [0.15, 0.2) is 0 Å². The normalized spacial score (nSPS) is 26.2. The largest absolute Gasteiger partial charge is 0.379 e. The van der Waals surface area contributed by atoms with Crippen molar-refractivity contribution >= 4 is 11.6 Å². The standard InChI is InChI=1S/C16H23N3O2/c1-19-7-4-12-2-3-14(10-13(12)5-8-19)18-15(20)16(17)6-9-21-11-16/h2-3,10H,4-9,11,17H2,1H3,(H,18,20)/t16-/m0/s1. The first kappa shape index (κ1) is 14.5. The van der Waals surface area contributed by atoms with E-state index in [2.05, 4.69) is 29.4 Å². The Kier molecular flexibility index (Phi) is 3.97. The van der Waals surface area contributed by atoms with E-state index in [1.165, 1.54) is 11.1 Å². The van der Waals surface area contributed by atoms with Gasteiger partial charge in [0.2, 0.25) is 5.91 Å². The van der Waals surface area contributed by atoms with Gasteiger partial charge in [-0.3, -0.25) is 4.79 Å². The van der Waals surface area contributed by atoms with Gasteiger partial charge in [-0.15, -0.1) is 0 Å². The molecule has 0 spiro atoms. The van der Waals surface area contributed by atoms with E-state index in [1.807, 2.05) is 6.07 Å². The highest BCUT2D eigenvalue weighted by atomic mass is 16.5. The Morgan fingerprint density at radius 1 is 1.33 bits per heavy atom. The molecule has 0 unspecified atom stereocenters. The minimum atomic E-state index is -0.882. The Labute approximate surface area is 125 Å². The quantitative estimate of drug-likeness (QED) is 0.844. The lowest BCUT2D eigenvalue weighted by Gasteiger charge is -2.21. The molecule has 2 aliphatic rings. The van der Waals surface area contributed by atoms with Gasteiger partial charge in [-0.25, -0.2) is 0 Å². The Morgan fingerprint density at radius 3 is 2.81 bits per heavy atom. The fourth-order valence-corrected chi connectivity index (χ4v) is 2.93. The van der Waals surface area contributed by atoms with E-state index in [-0.39, 0.29) is 5.91 Å². The molecule has 0 saturated carbocycles. The summed E-state index contributed by atoms with van der Waals surface area (Å²) in [7, 11) is 2.15. The van der Waals surface area contributed by atoms with Crippen molar-refractivity contribution in [3.05, 3.63) is 29.3 Å². The summed E-state index contributed by atoms with van der Waals surface area (Å²) in [6, 6.07) is 6.19. The molecular formula is C16H23N3O2. The van der Waals surface area contributed by atoms with Crippen molar-refractivity contribution in [2.24, 2.45) is 5.73 Å². The smallest absolute Gasteiger partial charge is 0.246 e. The summed E-state index contributed by atoms with van der Waals surface area (Å²) in [6.45, 7) is 3.00. The van der Waals surface area contributed by atoms with Crippen molar-refractivity contribution < 1.29 is 9.53 Å². The number of rotatable bonds is 2. The minimum absolute atomic E-state index is 0.148. The first-order chi connectivity index (χ1) is 10.1. The number of carbonyl (C=O) groups is 1. The molecule has 1 aromatic carbocycles. The second-order valence-corrected chi connectivity index (χ2v) is 6.20. The van der Waals surface area contributed by atoms with Gasteiger partial charge in [-0.2, -0.15) is 0 Å². The molecule has 1 fully saturated rings. The van der Waals surface area contributed by atoms with Crippen LogP contribution < -0.4 is 11.1 Å². The number of benzene rings is 1. The van der Waals surface area contributed by atoms with Gasteiger partial charge in [0.1, 0.15) is 5.54 Å². The van der Waals surface area contributed by atoms with Gasteiger partial charge in [-0.1, -0.05) is 6.07 Å². The van der Waals surface area contributed by atoms with Crippen LogP contribution in [0.5, 0.6) is 0 Å². The Balaban J connectivity index is 1.74. The zero-order valence-corrected chi connectivity index (χ0v) is 12.5. The molecule has 5 nitrogen and oxygen atoms in total. The molecule has 1 amide bonds. The number of nitrogens with zero attached hydrogens (tertiary/aromatic N) is 1. The van der Waals surface area contributed by atoms with Crippen LogP contribution in [0.3, 0.4) is 0 Å². The average Bonchev–Trinajstić information content (AvgIpc) is 2.83. The van der Waals surface area contributed by atoms with E-state index in [4.69, 9.17) is 10.5 Å². The van der Waals surface area contributed by atoms with E-state index >= 15 is 0 Å². The molecule has 5 heteroatoms. The number of nitrogens with one attached hydrogen (secondary N) is 1. The van der Waals surface area contributed by atoms with Crippen LogP contribution in [0.15, 0.2) is 18.2 Å². The molecule has 1 saturated heterocycles. The fraction of sp³-hybridized carbons (Fsp3) is 0.562.